The van der Waals surface area contributed by atoms with Gasteiger partial charge >= 0.3 is 0 Å². The lowest BCUT2D eigenvalue weighted by atomic mass is 10.0. The summed E-state index contributed by atoms with van der Waals surface area (Å²) in [5.74, 6) is 1.20. The minimum atomic E-state index is -0.295. The molecule has 9 heteroatoms. The van der Waals surface area contributed by atoms with Gasteiger partial charge in [-0.15, -0.1) is 11.3 Å². The van der Waals surface area contributed by atoms with E-state index in [-0.39, 0.29) is 5.82 Å². The standard InChI is InChI=1S/C28H29FN6OS/c29-19-15-23(22-3-6-30-24(22)16-19)27-31-25-17-21(37-26(25)28(32-27)35-11-13-36-14-12-35)18-33-9-4-20(5-10-33)34-7-1-2-8-34/h1-3,6-8,15-17,20,30H,4-5,9-14,18H2. The first-order chi connectivity index (χ1) is 18.2. The van der Waals surface area contributed by atoms with Gasteiger partial charge in [-0.2, -0.15) is 0 Å². The van der Waals surface area contributed by atoms with E-state index in [1.54, 1.807) is 17.4 Å². The van der Waals surface area contributed by atoms with Crippen molar-refractivity contribution in [2.75, 3.05) is 44.3 Å². The number of nitrogens with one attached hydrogen (secondary N) is 1. The summed E-state index contributed by atoms with van der Waals surface area (Å²) in [7, 11) is 0. The SMILES string of the molecule is Fc1cc(-c2nc(N3CCOCC3)c3sc(CN4CCC(n5cccc5)CC4)cc3n2)c2cc[nH]c2c1. The third-order valence-corrected chi connectivity index (χ3v) is 8.68. The highest BCUT2D eigenvalue weighted by Gasteiger charge is 2.24. The van der Waals surface area contributed by atoms with E-state index in [1.165, 1.54) is 10.9 Å². The van der Waals surface area contributed by atoms with Crippen LogP contribution in [0.4, 0.5) is 10.2 Å². The zero-order valence-corrected chi connectivity index (χ0v) is 21.4. The van der Waals surface area contributed by atoms with Crippen LogP contribution in [-0.2, 0) is 11.3 Å². The highest BCUT2D eigenvalue weighted by Crippen LogP contribution is 2.37. The van der Waals surface area contributed by atoms with Crippen molar-refractivity contribution in [3.8, 4) is 11.4 Å². The lowest BCUT2D eigenvalue weighted by Crippen LogP contribution is -2.36. The number of H-pyrrole nitrogens is 1. The molecule has 0 bridgehead atoms. The Labute approximate surface area is 218 Å². The van der Waals surface area contributed by atoms with Gasteiger partial charge in [0.25, 0.3) is 0 Å². The summed E-state index contributed by atoms with van der Waals surface area (Å²) in [5.41, 5.74) is 2.40. The van der Waals surface area contributed by atoms with E-state index < -0.39 is 0 Å². The molecule has 6 heterocycles. The third-order valence-electron chi connectivity index (χ3n) is 7.58. The number of ether oxygens (including phenoxy) is 1. The average Bonchev–Trinajstić information content (AvgIpc) is 3.69. The Balaban J connectivity index is 1.23. The quantitative estimate of drug-likeness (QED) is 0.336. The average molecular weight is 517 g/mol. The Bertz CT molecular complexity index is 1530. The van der Waals surface area contributed by atoms with E-state index in [9.17, 15) is 4.39 Å². The molecule has 0 atom stereocenters. The molecule has 37 heavy (non-hydrogen) atoms. The maximum absolute atomic E-state index is 14.5. The van der Waals surface area contributed by atoms with Crippen LogP contribution in [0.2, 0.25) is 0 Å². The van der Waals surface area contributed by atoms with Crippen LogP contribution in [-0.4, -0.2) is 63.8 Å². The molecule has 1 N–H and O–H groups in total. The fourth-order valence-electron chi connectivity index (χ4n) is 5.66. The van der Waals surface area contributed by atoms with Gasteiger partial charge in [0.15, 0.2) is 11.6 Å². The number of benzene rings is 1. The van der Waals surface area contributed by atoms with Crippen molar-refractivity contribution in [1.29, 1.82) is 0 Å². The summed E-state index contributed by atoms with van der Waals surface area (Å²) in [6.45, 7) is 6.01. The van der Waals surface area contributed by atoms with Crippen LogP contribution in [0, 0.1) is 5.82 Å². The molecular weight excluding hydrogens is 487 g/mol. The van der Waals surface area contributed by atoms with E-state index in [0.717, 1.165) is 72.5 Å². The summed E-state index contributed by atoms with van der Waals surface area (Å²) in [4.78, 5) is 19.3. The van der Waals surface area contributed by atoms with Gasteiger partial charge in [-0.1, -0.05) is 0 Å². The van der Waals surface area contributed by atoms with Crippen molar-refractivity contribution in [2.45, 2.75) is 25.4 Å². The smallest absolute Gasteiger partial charge is 0.163 e. The highest BCUT2D eigenvalue weighted by atomic mass is 32.1. The predicted octanol–water partition coefficient (Wildman–Crippen LogP) is 5.45. The molecule has 7 nitrogen and oxygen atoms in total. The normalized spacial score (nSPS) is 17.8. The Morgan fingerprint density at radius 3 is 2.65 bits per heavy atom. The van der Waals surface area contributed by atoms with Gasteiger partial charge in [0.05, 0.1) is 23.4 Å². The molecule has 190 valence electrons. The lowest BCUT2D eigenvalue weighted by molar-refractivity contribution is 0.122. The molecule has 2 aliphatic rings. The number of halogens is 1. The summed E-state index contributed by atoms with van der Waals surface area (Å²) in [6.07, 6.45) is 8.51. The van der Waals surface area contributed by atoms with Gasteiger partial charge in [-0.25, -0.2) is 14.4 Å². The number of morpholine rings is 1. The summed E-state index contributed by atoms with van der Waals surface area (Å²) >= 11 is 1.79. The fourth-order valence-corrected chi connectivity index (χ4v) is 6.81. The number of thiophene rings is 1. The Kier molecular flexibility index (Phi) is 5.91. The number of aromatic nitrogens is 4. The van der Waals surface area contributed by atoms with Crippen LogP contribution in [0.5, 0.6) is 0 Å². The van der Waals surface area contributed by atoms with Crippen LogP contribution < -0.4 is 4.90 Å². The van der Waals surface area contributed by atoms with Gasteiger partial charge in [0.2, 0.25) is 0 Å². The number of rotatable bonds is 5. The fraction of sp³-hybridized carbons (Fsp3) is 0.357. The van der Waals surface area contributed by atoms with Gasteiger partial charge < -0.3 is 19.2 Å². The molecule has 7 rings (SSSR count). The van der Waals surface area contributed by atoms with Crippen LogP contribution in [0.3, 0.4) is 0 Å². The molecule has 2 saturated heterocycles. The topological polar surface area (TPSA) is 62.2 Å². The van der Waals surface area contributed by atoms with Gasteiger partial charge in [0.1, 0.15) is 5.82 Å². The largest absolute Gasteiger partial charge is 0.378 e. The zero-order valence-electron chi connectivity index (χ0n) is 20.6. The number of piperidine rings is 1. The number of nitrogens with zero attached hydrogens (tertiary/aromatic N) is 5. The van der Waals surface area contributed by atoms with Crippen molar-refractivity contribution < 1.29 is 9.13 Å². The molecule has 2 fully saturated rings. The molecular formula is C28H29FN6OS. The van der Waals surface area contributed by atoms with E-state index >= 15 is 0 Å². The molecule has 0 saturated carbocycles. The minimum absolute atomic E-state index is 0.295. The first kappa shape index (κ1) is 22.9. The molecule has 0 aliphatic carbocycles. The number of anilines is 1. The second-order valence-corrected chi connectivity index (χ2v) is 11.1. The Morgan fingerprint density at radius 2 is 1.84 bits per heavy atom. The van der Waals surface area contributed by atoms with E-state index in [0.29, 0.717) is 30.6 Å². The molecule has 2 aliphatic heterocycles. The van der Waals surface area contributed by atoms with Crippen LogP contribution in [0.15, 0.2) is 55.0 Å². The minimum Gasteiger partial charge on any atom is -0.378 e. The second-order valence-electron chi connectivity index (χ2n) is 9.93. The first-order valence-electron chi connectivity index (χ1n) is 13.0. The van der Waals surface area contributed by atoms with E-state index in [2.05, 4.69) is 49.9 Å². The maximum Gasteiger partial charge on any atom is 0.163 e. The van der Waals surface area contributed by atoms with Gasteiger partial charge in [-0.3, -0.25) is 4.90 Å². The number of aromatic amines is 1. The monoisotopic (exact) mass is 516 g/mol. The number of likely N-dealkylation sites (tertiary alicyclic amines) is 1. The zero-order chi connectivity index (χ0) is 24.8. The molecule has 0 amide bonds. The second kappa shape index (κ2) is 9.55. The first-order valence-corrected chi connectivity index (χ1v) is 13.8. The lowest BCUT2D eigenvalue weighted by Gasteiger charge is -2.32. The summed E-state index contributed by atoms with van der Waals surface area (Å²) in [5, 5.41) is 0.926. The molecule has 5 aromatic rings. The molecule has 0 unspecified atom stereocenters. The number of fused-ring (bicyclic) bond motifs is 2. The van der Waals surface area contributed by atoms with Crippen molar-refractivity contribution in [1.82, 2.24) is 24.4 Å². The summed E-state index contributed by atoms with van der Waals surface area (Å²) in [6, 6.07) is 12.0. The van der Waals surface area contributed by atoms with Crippen LogP contribution in [0.1, 0.15) is 23.8 Å². The van der Waals surface area contributed by atoms with E-state index in [4.69, 9.17) is 14.7 Å². The van der Waals surface area contributed by atoms with Gasteiger partial charge in [0, 0.05) is 78.7 Å². The molecule has 1 aromatic carbocycles. The summed E-state index contributed by atoms with van der Waals surface area (Å²) < 4.78 is 23.6. The van der Waals surface area contributed by atoms with Crippen molar-refractivity contribution in [3.05, 3.63) is 65.7 Å². The highest BCUT2D eigenvalue weighted by molar-refractivity contribution is 7.19. The van der Waals surface area contributed by atoms with E-state index in [1.807, 2.05) is 12.3 Å². The molecule has 0 spiro atoms. The Morgan fingerprint density at radius 1 is 1.03 bits per heavy atom. The molecule has 4 aromatic heterocycles. The van der Waals surface area contributed by atoms with Crippen LogP contribution >= 0.6 is 11.3 Å². The predicted molar refractivity (Wildman–Crippen MR) is 146 cm³/mol. The Hall–Kier alpha value is -3.27. The van der Waals surface area contributed by atoms with Crippen molar-refractivity contribution >= 4 is 38.3 Å². The van der Waals surface area contributed by atoms with Gasteiger partial charge in [-0.05, 0) is 49.2 Å². The third kappa shape index (κ3) is 4.41. The molecule has 0 radical (unpaired) electrons. The number of hydrogen-bond donors (Lipinski definition) is 1. The van der Waals surface area contributed by atoms with Crippen molar-refractivity contribution in [2.24, 2.45) is 0 Å². The van der Waals surface area contributed by atoms with Crippen molar-refractivity contribution in [3.63, 3.8) is 0 Å². The maximum atomic E-state index is 14.5. The van der Waals surface area contributed by atoms with Crippen LogP contribution in [0.25, 0.3) is 32.5 Å². The number of hydrogen-bond acceptors (Lipinski definition) is 6.